The smallest absolute Gasteiger partial charge is 0.237 e. The summed E-state index contributed by atoms with van der Waals surface area (Å²) < 4.78 is 4.63. The van der Waals surface area contributed by atoms with E-state index in [-0.39, 0.29) is 30.4 Å². The first-order valence-corrected chi connectivity index (χ1v) is 5.57. The van der Waals surface area contributed by atoms with E-state index in [4.69, 9.17) is 0 Å². The fraction of sp³-hybridized carbons (Fsp3) is 0.700. The third-order valence-electron chi connectivity index (χ3n) is 2.75. The summed E-state index contributed by atoms with van der Waals surface area (Å²) >= 11 is 0. The van der Waals surface area contributed by atoms with Crippen LogP contribution >= 0.6 is 12.4 Å². The van der Waals surface area contributed by atoms with Gasteiger partial charge in [-0.25, -0.2) is 0 Å². The van der Waals surface area contributed by atoms with E-state index in [0.717, 1.165) is 25.8 Å². The second-order valence-electron chi connectivity index (χ2n) is 4.02. The van der Waals surface area contributed by atoms with Gasteiger partial charge >= 0.3 is 0 Å². The number of nitrogens with zero attached hydrogens (tertiary/aromatic N) is 2. The van der Waals surface area contributed by atoms with Crippen LogP contribution in [0.1, 0.15) is 38.1 Å². The van der Waals surface area contributed by atoms with Gasteiger partial charge in [-0.05, 0) is 26.3 Å². The average molecular weight is 261 g/mol. The Morgan fingerprint density at radius 3 is 3.06 bits per heavy atom. The lowest BCUT2D eigenvalue weighted by atomic mass is 10.0. The molecule has 0 aromatic carbocycles. The average Bonchev–Trinajstić information content (AvgIpc) is 2.83. The van der Waals surface area contributed by atoms with Crippen LogP contribution in [0.4, 0.5) is 0 Å². The maximum Gasteiger partial charge on any atom is 0.237 e. The molecule has 0 aliphatic carbocycles. The van der Waals surface area contributed by atoms with E-state index < -0.39 is 0 Å². The largest absolute Gasteiger partial charge is 0.345 e. The highest BCUT2D eigenvalue weighted by Crippen LogP contribution is 2.10. The van der Waals surface area contributed by atoms with Crippen molar-refractivity contribution < 1.29 is 9.32 Å². The number of hydrogen-bond donors (Lipinski definition) is 2. The quantitative estimate of drug-likeness (QED) is 0.841. The summed E-state index contributed by atoms with van der Waals surface area (Å²) in [5.41, 5.74) is 0. The first-order chi connectivity index (χ1) is 7.77. The first kappa shape index (κ1) is 13.9. The molecule has 2 unspecified atom stereocenters. The molecule has 1 amide bonds. The fourth-order valence-corrected chi connectivity index (χ4v) is 1.82. The minimum atomic E-state index is -0.213. The van der Waals surface area contributed by atoms with E-state index in [9.17, 15) is 4.79 Å². The highest BCUT2D eigenvalue weighted by Gasteiger charge is 2.23. The lowest BCUT2D eigenvalue weighted by Gasteiger charge is -2.23. The van der Waals surface area contributed by atoms with Gasteiger partial charge in [0.25, 0.3) is 0 Å². The molecule has 0 radical (unpaired) electrons. The number of hydrogen-bond acceptors (Lipinski definition) is 5. The van der Waals surface area contributed by atoms with Crippen LogP contribution in [0.5, 0.6) is 0 Å². The predicted octanol–water partition coefficient (Wildman–Crippen LogP) is 0.811. The number of carbonyl (C=O) groups is 1. The summed E-state index contributed by atoms with van der Waals surface area (Å²) in [5.74, 6) is 0.515. The maximum absolute atomic E-state index is 11.8. The molecular weight excluding hydrogens is 244 g/mol. The highest BCUT2D eigenvalue weighted by atomic mass is 35.5. The van der Waals surface area contributed by atoms with Gasteiger partial charge in [-0.15, -0.1) is 12.4 Å². The topological polar surface area (TPSA) is 80.0 Å². The molecule has 0 saturated carbocycles. The van der Waals surface area contributed by atoms with Gasteiger partial charge < -0.3 is 15.2 Å². The van der Waals surface area contributed by atoms with Crippen molar-refractivity contribution >= 4 is 18.3 Å². The van der Waals surface area contributed by atoms with Gasteiger partial charge in [-0.2, -0.15) is 4.98 Å². The van der Waals surface area contributed by atoms with Crippen molar-refractivity contribution in [2.24, 2.45) is 0 Å². The molecule has 1 aliphatic rings. The Bertz CT molecular complexity index is 338. The summed E-state index contributed by atoms with van der Waals surface area (Å²) in [4.78, 5) is 15.7. The SMILES string of the molecule is CC(NC(=O)C1CCCCN1)c1ncon1.Cl. The Labute approximate surface area is 106 Å². The zero-order valence-corrected chi connectivity index (χ0v) is 10.5. The summed E-state index contributed by atoms with van der Waals surface area (Å²) in [6.07, 6.45) is 4.40. The molecule has 96 valence electrons. The number of piperidine rings is 1. The molecule has 0 bridgehead atoms. The fourth-order valence-electron chi connectivity index (χ4n) is 1.82. The number of amides is 1. The van der Waals surface area contributed by atoms with Gasteiger partial charge in [0.15, 0.2) is 5.82 Å². The highest BCUT2D eigenvalue weighted by molar-refractivity contribution is 5.85. The minimum absolute atomic E-state index is 0. The number of carbonyl (C=O) groups excluding carboxylic acids is 1. The Morgan fingerprint density at radius 1 is 1.65 bits per heavy atom. The predicted molar refractivity (Wildman–Crippen MR) is 63.7 cm³/mol. The van der Waals surface area contributed by atoms with E-state index in [1.165, 1.54) is 6.39 Å². The zero-order valence-electron chi connectivity index (χ0n) is 9.68. The second-order valence-corrected chi connectivity index (χ2v) is 4.02. The maximum atomic E-state index is 11.8. The molecule has 2 rings (SSSR count). The van der Waals surface area contributed by atoms with Crippen LogP contribution in [0.15, 0.2) is 10.9 Å². The molecular formula is C10H17ClN4O2. The Morgan fingerprint density at radius 2 is 2.47 bits per heavy atom. The Hall–Kier alpha value is -1.14. The van der Waals surface area contributed by atoms with E-state index in [1.54, 1.807) is 0 Å². The molecule has 1 saturated heterocycles. The van der Waals surface area contributed by atoms with Gasteiger partial charge in [0.05, 0.1) is 12.1 Å². The third-order valence-corrected chi connectivity index (χ3v) is 2.75. The molecule has 1 aromatic heterocycles. The van der Waals surface area contributed by atoms with E-state index >= 15 is 0 Å². The third kappa shape index (κ3) is 3.67. The molecule has 7 heteroatoms. The van der Waals surface area contributed by atoms with Crippen molar-refractivity contribution in [3.05, 3.63) is 12.2 Å². The van der Waals surface area contributed by atoms with E-state index in [1.807, 2.05) is 6.92 Å². The van der Waals surface area contributed by atoms with Crippen molar-refractivity contribution in [1.29, 1.82) is 0 Å². The molecule has 2 N–H and O–H groups in total. The minimum Gasteiger partial charge on any atom is -0.345 e. The van der Waals surface area contributed by atoms with Crippen molar-refractivity contribution in [2.75, 3.05) is 6.54 Å². The van der Waals surface area contributed by atoms with Crippen LogP contribution in [0.2, 0.25) is 0 Å². The van der Waals surface area contributed by atoms with Crippen LogP contribution in [-0.2, 0) is 4.79 Å². The number of halogens is 1. The molecule has 17 heavy (non-hydrogen) atoms. The molecule has 2 heterocycles. The van der Waals surface area contributed by atoms with Crippen molar-refractivity contribution in [3.8, 4) is 0 Å². The van der Waals surface area contributed by atoms with Gasteiger partial charge in [-0.1, -0.05) is 11.6 Å². The summed E-state index contributed by atoms with van der Waals surface area (Å²) in [6.45, 7) is 2.75. The molecule has 1 aliphatic heterocycles. The van der Waals surface area contributed by atoms with Crippen LogP contribution in [0, 0.1) is 0 Å². The Balaban J connectivity index is 0.00000144. The van der Waals surface area contributed by atoms with Crippen LogP contribution < -0.4 is 10.6 Å². The van der Waals surface area contributed by atoms with Crippen LogP contribution in [0.25, 0.3) is 0 Å². The molecule has 0 spiro atoms. The second kappa shape index (κ2) is 6.56. The van der Waals surface area contributed by atoms with Crippen molar-refractivity contribution in [1.82, 2.24) is 20.8 Å². The summed E-state index contributed by atoms with van der Waals surface area (Å²) in [5, 5.41) is 9.75. The van der Waals surface area contributed by atoms with E-state index in [2.05, 4.69) is 25.3 Å². The molecule has 6 nitrogen and oxygen atoms in total. The number of aromatic nitrogens is 2. The standard InChI is InChI=1S/C10H16N4O2.ClH/c1-7(9-12-6-16-14-9)13-10(15)8-4-2-3-5-11-8;/h6-8,11H,2-5H2,1H3,(H,13,15);1H. The lowest BCUT2D eigenvalue weighted by molar-refractivity contribution is -0.124. The van der Waals surface area contributed by atoms with Gasteiger partial charge in [0, 0.05) is 0 Å². The van der Waals surface area contributed by atoms with Crippen molar-refractivity contribution in [3.63, 3.8) is 0 Å². The molecule has 1 aromatic rings. The summed E-state index contributed by atoms with van der Waals surface area (Å²) in [6, 6.07) is -0.293. The van der Waals surface area contributed by atoms with Gasteiger partial charge in [0.1, 0.15) is 0 Å². The van der Waals surface area contributed by atoms with E-state index in [0.29, 0.717) is 5.82 Å². The normalized spacial score (nSPS) is 21.4. The number of nitrogens with one attached hydrogen (secondary N) is 2. The van der Waals surface area contributed by atoms with Gasteiger partial charge in [-0.3, -0.25) is 4.79 Å². The zero-order chi connectivity index (χ0) is 11.4. The molecule has 2 atom stereocenters. The monoisotopic (exact) mass is 260 g/mol. The lowest BCUT2D eigenvalue weighted by Crippen LogP contribution is -2.47. The summed E-state index contributed by atoms with van der Waals surface area (Å²) in [7, 11) is 0. The van der Waals surface area contributed by atoms with Crippen molar-refractivity contribution in [2.45, 2.75) is 38.3 Å². The van der Waals surface area contributed by atoms with Crippen LogP contribution in [-0.4, -0.2) is 28.6 Å². The van der Waals surface area contributed by atoms with Gasteiger partial charge in [0.2, 0.25) is 12.3 Å². The first-order valence-electron chi connectivity index (χ1n) is 5.57. The van der Waals surface area contributed by atoms with Crippen LogP contribution in [0.3, 0.4) is 0 Å². The Kier molecular flexibility index (Phi) is 5.37. The number of rotatable bonds is 3. The molecule has 1 fully saturated rings.